The summed E-state index contributed by atoms with van der Waals surface area (Å²) in [5.74, 6) is 0.820. The van der Waals surface area contributed by atoms with Crippen LogP contribution in [0.4, 0.5) is 0 Å². The zero-order valence-corrected chi connectivity index (χ0v) is 13.0. The number of hydrogen-bond donors (Lipinski definition) is 0. The van der Waals surface area contributed by atoms with Gasteiger partial charge in [-0.2, -0.15) is 0 Å². The molecule has 0 radical (unpaired) electrons. The Morgan fingerprint density at radius 3 is 2.58 bits per heavy atom. The van der Waals surface area contributed by atoms with E-state index in [9.17, 15) is 4.79 Å². The quantitative estimate of drug-likeness (QED) is 0.581. The molecule has 0 saturated heterocycles. The SMILES string of the molecule is Cc1nc2ccccc2n(Cc2nnc(-c3ccccc3)o2)c1=O. The van der Waals surface area contributed by atoms with Gasteiger partial charge in [0, 0.05) is 5.56 Å². The van der Waals surface area contributed by atoms with Crippen molar-refractivity contribution >= 4 is 11.0 Å². The molecule has 2 aromatic heterocycles. The molecule has 0 aliphatic carbocycles. The second-order valence-corrected chi connectivity index (χ2v) is 5.44. The number of hydrogen-bond acceptors (Lipinski definition) is 5. The van der Waals surface area contributed by atoms with Gasteiger partial charge in [-0.15, -0.1) is 10.2 Å². The Labute approximate surface area is 137 Å². The second kappa shape index (κ2) is 5.73. The van der Waals surface area contributed by atoms with Gasteiger partial charge >= 0.3 is 0 Å². The molecule has 0 atom stereocenters. The Morgan fingerprint density at radius 2 is 1.75 bits per heavy atom. The van der Waals surface area contributed by atoms with Gasteiger partial charge in [0.25, 0.3) is 5.56 Å². The molecule has 4 rings (SSSR count). The molecule has 118 valence electrons. The molecular weight excluding hydrogens is 304 g/mol. The summed E-state index contributed by atoms with van der Waals surface area (Å²) in [6.45, 7) is 1.91. The summed E-state index contributed by atoms with van der Waals surface area (Å²) in [4.78, 5) is 16.8. The average molecular weight is 318 g/mol. The minimum absolute atomic E-state index is 0.159. The van der Waals surface area contributed by atoms with E-state index in [4.69, 9.17) is 4.42 Å². The van der Waals surface area contributed by atoms with Crippen LogP contribution in [-0.4, -0.2) is 19.7 Å². The largest absolute Gasteiger partial charge is 0.419 e. The van der Waals surface area contributed by atoms with Crippen LogP contribution in [0, 0.1) is 6.92 Å². The normalized spacial score (nSPS) is 11.0. The smallest absolute Gasteiger partial charge is 0.272 e. The zero-order chi connectivity index (χ0) is 16.5. The van der Waals surface area contributed by atoms with E-state index in [1.165, 1.54) is 0 Å². The van der Waals surface area contributed by atoms with E-state index in [1.54, 1.807) is 11.5 Å². The highest BCUT2D eigenvalue weighted by Gasteiger charge is 2.13. The van der Waals surface area contributed by atoms with Gasteiger partial charge in [0.15, 0.2) is 0 Å². The number of rotatable bonds is 3. The molecule has 0 fully saturated rings. The third-order valence-electron chi connectivity index (χ3n) is 3.80. The number of aromatic nitrogens is 4. The molecule has 0 spiro atoms. The first-order valence-corrected chi connectivity index (χ1v) is 7.56. The van der Waals surface area contributed by atoms with Crippen molar-refractivity contribution in [1.82, 2.24) is 19.7 Å². The van der Waals surface area contributed by atoms with E-state index < -0.39 is 0 Å². The minimum Gasteiger partial charge on any atom is -0.419 e. The van der Waals surface area contributed by atoms with Crippen molar-refractivity contribution in [2.45, 2.75) is 13.5 Å². The summed E-state index contributed by atoms with van der Waals surface area (Å²) < 4.78 is 7.33. The van der Waals surface area contributed by atoms with Gasteiger partial charge in [-0.05, 0) is 31.2 Å². The predicted molar refractivity (Wildman–Crippen MR) is 89.6 cm³/mol. The van der Waals surface area contributed by atoms with Crippen LogP contribution in [0.1, 0.15) is 11.6 Å². The molecule has 0 N–H and O–H groups in total. The summed E-state index contributed by atoms with van der Waals surface area (Å²) >= 11 is 0. The fourth-order valence-corrected chi connectivity index (χ4v) is 2.63. The molecular formula is C18H14N4O2. The number of aryl methyl sites for hydroxylation is 1. The van der Waals surface area contributed by atoms with Gasteiger partial charge in [-0.25, -0.2) is 4.98 Å². The van der Waals surface area contributed by atoms with Gasteiger partial charge in [0.2, 0.25) is 11.8 Å². The molecule has 2 heterocycles. The van der Waals surface area contributed by atoms with Crippen LogP contribution < -0.4 is 5.56 Å². The topological polar surface area (TPSA) is 73.8 Å². The fourth-order valence-electron chi connectivity index (χ4n) is 2.63. The summed E-state index contributed by atoms with van der Waals surface area (Å²) in [7, 11) is 0. The van der Waals surface area contributed by atoms with Gasteiger partial charge in [0.1, 0.15) is 12.2 Å². The molecule has 6 nitrogen and oxygen atoms in total. The molecule has 6 heteroatoms. The molecule has 0 amide bonds. The van der Waals surface area contributed by atoms with Crippen LogP contribution in [0.3, 0.4) is 0 Å². The Bertz CT molecular complexity index is 1070. The second-order valence-electron chi connectivity index (χ2n) is 5.44. The van der Waals surface area contributed by atoms with E-state index in [0.29, 0.717) is 17.5 Å². The Kier molecular flexibility index (Phi) is 3.42. The van der Waals surface area contributed by atoms with E-state index in [2.05, 4.69) is 15.2 Å². The lowest BCUT2D eigenvalue weighted by atomic mass is 10.2. The lowest BCUT2D eigenvalue weighted by molar-refractivity contribution is 0.487. The third-order valence-corrected chi connectivity index (χ3v) is 3.80. The molecule has 4 aromatic rings. The van der Waals surface area contributed by atoms with E-state index in [1.807, 2.05) is 54.6 Å². The van der Waals surface area contributed by atoms with Crippen LogP contribution >= 0.6 is 0 Å². The molecule has 0 bridgehead atoms. The minimum atomic E-state index is -0.159. The summed E-state index contributed by atoms with van der Waals surface area (Å²) in [6, 6.07) is 17.0. The molecule has 2 aromatic carbocycles. The highest BCUT2D eigenvalue weighted by Crippen LogP contribution is 2.18. The Hall–Kier alpha value is -3.28. The zero-order valence-electron chi connectivity index (χ0n) is 13.0. The molecule has 0 aliphatic rings. The predicted octanol–water partition coefficient (Wildman–Crippen LogP) is 2.80. The lowest BCUT2D eigenvalue weighted by Crippen LogP contribution is -2.24. The lowest BCUT2D eigenvalue weighted by Gasteiger charge is -2.08. The average Bonchev–Trinajstić information content (AvgIpc) is 3.08. The molecule has 0 aliphatic heterocycles. The van der Waals surface area contributed by atoms with Gasteiger partial charge in [0.05, 0.1) is 11.0 Å². The first-order chi connectivity index (χ1) is 11.7. The monoisotopic (exact) mass is 318 g/mol. The number of benzene rings is 2. The van der Waals surface area contributed by atoms with Crippen molar-refractivity contribution < 1.29 is 4.42 Å². The van der Waals surface area contributed by atoms with Gasteiger partial charge < -0.3 is 4.42 Å². The van der Waals surface area contributed by atoms with E-state index in [-0.39, 0.29) is 12.1 Å². The summed E-state index contributed by atoms with van der Waals surface area (Å²) in [5, 5.41) is 8.14. The van der Waals surface area contributed by atoms with Crippen molar-refractivity contribution in [3.8, 4) is 11.5 Å². The van der Waals surface area contributed by atoms with Crippen molar-refractivity contribution in [1.29, 1.82) is 0 Å². The van der Waals surface area contributed by atoms with Crippen molar-refractivity contribution in [2.75, 3.05) is 0 Å². The Balaban J connectivity index is 1.77. The van der Waals surface area contributed by atoms with Crippen molar-refractivity contribution in [3.63, 3.8) is 0 Å². The third kappa shape index (κ3) is 2.48. The highest BCUT2D eigenvalue weighted by molar-refractivity contribution is 5.74. The summed E-state index contributed by atoms with van der Waals surface area (Å²) in [5.41, 5.74) is 2.63. The standard InChI is InChI=1S/C18H14N4O2/c1-12-18(23)22(15-10-6-5-9-14(15)19-12)11-16-20-21-17(24-16)13-7-3-2-4-8-13/h2-10H,11H2,1H3. The highest BCUT2D eigenvalue weighted by atomic mass is 16.4. The van der Waals surface area contributed by atoms with Crippen LogP contribution in [0.25, 0.3) is 22.5 Å². The maximum Gasteiger partial charge on any atom is 0.272 e. The first kappa shape index (κ1) is 14.3. The van der Waals surface area contributed by atoms with Crippen LogP contribution in [0.5, 0.6) is 0 Å². The van der Waals surface area contributed by atoms with Gasteiger partial charge in [-0.1, -0.05) is 30.3 Å². The van der Waals surface area contributed by atoms with Crippen LogP contribution in [0.15, 0.2) is 63.8 Å². The maximum absolute atomic E-state index is 12.5. The van der Waals surface area contributed by atoms with Crippen LogP contribution in [-0.2, 0) is 6.54 Å². The van der Waals surface area contributed by atoms with Crippen molar-refractivity contribution in [2.24, 2.45) is 0 Å². The van der Waals surface area contributed by atoms with Gasteiger partial charge in [-0.3, -0.25) is 9.36 Å². The van der Waals surface area contributed by atoms with Crippen LogP contribution in [0.2, 0.25) is 0 Å². The maximum atomic E-state index is 12.5. The summed E-state index contributed by atoms with van der Waals surface area (Å²) in [6.07, 6.45) is 0. The molecule has 0 saturated carbocycles. The van der Waals surface area contributed by atoms with E-state index in [0.717, 1.165) is 16.6 Å². The van der Waals surface area contributed by atoms with E-state index >= 15 is 0 Å². The Morgan fingerprint density at radius 1 is 1.00 bits per heavy atom. The molecule has 0 unspecified atom stereocenters. The number of nitrogens with zero attached hydrogens (tertiary/aromatic N) is 4. The number of fused-ring (bicyclic) bond motifs is 1. The first-order valence-electron chi connectivity index (χ1n) is 7.56. The van der Waals surface area contributed by atoms with Crippen molar-refractivity contribution in [3.05, 3.63) is 76.5 Å². The molecule has 24 heavy (non-hydrogen) atoms. The fraction of sp³-hybridized carbons (Fsp3) is 0.111. The number of para-hydroxylation sites is 2.